The van der Waals surface area contributed by atoms with E-state index in [9.17, 15) is 23.6 Å². The number of anilines is 1. The number of hydrogen-bond donors (Lipinski definition) is 3. The summed E-state index contributed by atoms with van der Waals surface area (Å²) >= 11 is 0. The van der Waals surface area contributed by atoms with E-state index >= 15 is 0 Å². The van der Waals surface area contributed by atoms with Crippen molar-refractivity contribution in [2.75, 3.05) is 18.2 Å². The lowest BCUT2D eigenvalue weighted by Crippen LogP contribution is -2.26. The second kappa shape index (κ2) is 7.37. The standard InChI is InChI=1S/C18H19N3O5S/c1-27(25,26)18-9-13(6-7-17(18)21(23)24)20-14(11-22)8-12-10-19-16-5-3-2-4-15(12)16/h2-7,9-10,14,19-20,22H,8,11H2,1H3. The zero-order valence-electron chi connectivity index (χ0n) is 14.5. The SMILES string of the molecule is CS(=O)(=O)c1cc(NC(CO)Cc2c[nH]c3ccccc23)ccc1[N+](=O)[O-]. The van der Waals surface area contributed by atoms with Crippen LogP contribution in [0.5, 0.6) is 0 Å². The third-order valence-corrected chi connectivity index (χ3v) is 5.41. The van der Waals surface area contributed by atoms with Gasteiger partial charge in [-0.2, -0.15) is 0 Å². The first-order chi connectivity index (χ1) is 12.8. The number of aliphatic hydroxyl groups is 1. The van der Waals surface area contributed by atoms with Gasteiger partial charge in [-0.05, 0) is 30.2 Å². The number of aromatic nitrogens is 1. The molecule has 0 aliphatic rings. The number of nitro benzene ring substituents is 1. The van der Waals surface area contributed by atoms with Crippen molar-refractivity contribution in [1.29, 1.82) is 0 Å². The molecule has 0 bridgehead atoms. The van der Waals surface area contributed by atoms with Crippen molar-refractivity contribution in [3.8, 4) is 0 Å². The molecule has 9 heteroatoms. The highest BCUT2D eigenvalue weighted by molar-refractivity contribution is 7.90. The van der Waals surface area contributed by atoms with Gasteiger partial charge in [-0.3, -0.25) is 10.1 Å². The highest BCUT2D eigenvalue weighted by Gasteiger charge is 2.23. The van der Waals surface area contributed by atoms with Gasteiger partial charge in [-0.25, -0.2) is 8.42 Å². The summed E-state index contributed by atoms with van der Waals surface area (Å²) in [5.74, 6) is 0. The summed E-state index contributed by atoms with van der Waals surface area (Å²) in [6, 6.07) is 11.2. The molecule has 0 radical (unpaired) electrons. The number of hydrogen-bond acceptors (Lipinski definition) is 6. The lowest BCUT2D eigenvalue weighted by Gasteiger charge is -2.18. The molecular weight excluding hydrogens is 370 g/mol. The fourth-order valence-corrected chi connectivity index (χ4v) is 3.88. The fraction of sp³-hybridized carbons (Fsp3) is 0.222. The van der Waals surface area contributed by atoms with E-state index in [1.165, 1.54) is 12.1 Å². The third-order valence-electron chi connectivity index (χ3n) is 4.29. The molecule has 1 heterocycles. The van der Waals surface area contributed by atoms with Crippen LogP contribution in [0.1, 0.15) is 5.56 Å². The zero-order chi connectivity index (χ0) is 19.6. The largest absolute Gasteiger partial charge is 0.394 e. The summed E-state index contributed by atoms with van der Waals surface area (Å²) in [6.07, 6.45) is 3.28. The number of para-hydroxylation sites is 1. The molecule has 1 atom stereocenters. The number of nitro groups is 1. The minimum atomic E-state index is -3.77. The van der Waals surface area contributed by atoms with Crippen molar-refractivity contribution in [1.82, 2.24) is 4.98 Å². The molecule has 8 nitrogen and oxygen atoms in total. The minimum Gasteiger partial charge on any atom is -0.394 e. The van der Waals surface area contributed by atoms with E-state index in [4.69, 9.17) is 0 Å². The first-order valence-corrected chi connectivity index (χ1v) is 10.1. The predicted molar refractivity (Wildman–Crippen MR) is 103 cm³/mol. The molecule has 0 saturated heterocycles. The van der Waals surface area contributed by atoms with Crippen LogP contribution in [0.15, 0.2) is 53.6 Å². The second-order valence-electron chi connectivity index (χ2n) is 6.30. The maximum absolute atomic E-state index is 11.9. The van der Waals surface area contributed by atoms with Gasteiger partial charge in [-0.1, -0.05) is 18.2 Å². The quantitative estimate of drug-likeness (QED) is 0.421. The van der Waals surface area contributed by atoms with Crippen molar-refractivity contribution in [2.24, 2.45) is 0 Å². The van der Waals surface area contributed by atoms with E-state index in [2.05, 4.69) is 10.3 Å². The molecule has 3 aromatic rings. The number of benzene rings is 2. The van der Waals surface area contributed by atoms with E-state index in [1.54, 1.807) is 0 Å². The number of rotatable bonds is 7. The number of aliphatic hydroxyl groups excluding tert-OH is 1. The summed E-state index contributed by atoms with van der Waals surface area (Å²) in [4.78, 5) is 13.2. The highest BCUT2D eigenvalue weighted by Crippen LogP contribution is 2.28. The number of nitrogens with one attached hydrogen (secondary N) is 2. The molecule has 3 N–H and O–H groups in total. The summed E-state index contributed by atoms with van der Waals surface area (Å²) in [7, 11) is -3.77. The van der Waals surface area contributed by atoms with Crippen LogP contribution < -0.4 is 5.32 Å². The number of aromatic amines is 1. The first-order valence-electron chi connectivity index (χ1n) is 8.20. The Morgan fingerprint density at radius 3 is 2.67 bits per heavy atom. The van der Waals surface area contributed by atoms with E-state index in [-0.39, 0.29) is 11.5 Å². The molecule has 0 fully saturated rings. The van der Waals surface area contributed by atoms with Gasteiger partial charge in [-0.15, -0.1) is 0 Å². The van der Waals surface area contributed by atoms with Crippen LogP contribution in [-0.4, -0.2) is 42.3 Å². The minimum absolute atomic E-state index is 0.190. The molecule has 0 spiro atoms. The van der Waals surface area contributed by atoms with Crippen LogP contribution in [-0.2, 0) is 16.3 Å². The van der Waals surface area contributed by atoms with E-state index < -0.39 is 26.5 Å². The molecule has 1 aromatic heterocycles. The van der Waals surface area contributed by atoms with Crippen molar-refractivity contribution >= 4 is 32.1 Å². The molecule has 0 amide bonds. The van der Waals surface area contributed by atoms with Gasteiger partial charge in [0.2, 0.25) is 0 Å². The van der Waals surface area contributed by atoms with Crippen LogP contribution in [0, 0.1) is 10.1 Å². The Bertz CT molecular complexity index is 1090. The van der Waals surface area contributed by atoms with Gasteiger partial charge in [0.15, 0.2) is 9.84 Å². The molecule has 0 saturated carbocycles. The normalized spacial score (nSPS) is 12.8. The van der Waals surface area contributed by atoms with Crippen LogP contribution in [0.2, 0.25) is 0 Å². The number of sulfone groups is 1. The van der Waals surface area contributed by atoms with Crippen molar-refractivity contribution in [3.05, 3.63) is 64.3 Å². The maximum Gasteiger partial charge on any atom is 0.288 e. The van der Waals surface area contributed by atoms with Gasteiger partial charge in [0.05, 0.1) is 17.6 Å². The van der Waals surface area contributed by atoms with E-state index in [1.807, 2.05) is 30.5 Å². The lowest BCUT2D eigenvalue weighted by atomic mass is 10.1. The van der Waals surface area contributed by atoms with E-state index in [0.29, 0.717) is 12.1 Å². The van der Waals surface area contributed by atoms with Crippen molar-refractivity contribution < 1.29 is 18.4 Å². The molecule has 3 rings (SSSR count). The van der Waals surface area contributed by atoms with Gasteiger partial charge < -0.3 is 15.4 Å². The Balaban J connectivity index is 1.87. The molecule has 0 aliphatic heterocycles. The Labute approximate surface area is 155 Å². The lowest BCUT2D eigenvalue weighted by molar-refractivity contribution is -0.387. The topological polar surface area (TPSA) is 125 Å². The molecule has 142 valence electrons. The monoisotopic (exact) mass is 389 g/mol. The summed E-state index contributed by atoms with van der Waals surface area (Å²) in [5, 5.41) is 24.9. The van der Waals surface area contributed by atoms with Crippen LogP contribution in [0.4, 0.5) is 11.4 Å². The number of fused-ring (bicyclic) bond motifs is 1. The highest BCUT2D eigenvalue weighted by atomic mass is 32.2. The predicted octanol–water partition coefficient (Wildman–Crippen LogP) is 2.50. The second-order valence-corrected chi connectivity index (χ2v) is 8.28. The van der Waals surface area contributed by atoms with Crippen molar-refractivity contribution in [2.45, 2.75) is 17.4 Å². The maximum atomic E-state index is 11.9. The van der Waals surface area contributed by atoms with Crippen LogP contribution in [0.25, 0.3) is 10.9 Å². The average molecular weight is 389 g/mol. The van der Waals surface area contributed by atoms with Crippen LogP contribution >= 0.6 is 0 Å². The molecule has 0 aliphatic carbocycles. The van der Waals surface area contributed by atoms with Crippen LogP contribution in [0.3, 0.4) is 0 Å². The molecule has 2 aromatic carbocycles. The molecule has 27 heavy (non-hydrogen) atoms. The Kier molecular flexibility index (Phi) is 5.15. The zero-order valence-corrected chi connectivity index (χ0v) is 15.4. The summed E-state index contributed by atoms with van der Waals surface area (Å²) < 4.78 is 23.8. The number of H-pyrrole nitrogens is 1. The fourth-order valence-electron chi connectivity index (χ4n) is 3.01. The Hall–Kier alpha value is -2.91. The molecular formula is C18H19N3O5S. The summed E-state index contributed by atoms with van der Waals surface area (Å²) in [5.41, 5.74) is 1.90. The third kappa shape index (κ3) is 4.09. The van der Waals surface area contributed by atoms with Gasteiger partial charge >= 0.3 is 0 Å². The average Bonchev–Trinajstić information content (AvgIpc) is 3.03. The van der Waals surface area contributed by atoms with Gasteiger partial charge in [0.1, 0.15) is 4.90 Å². The summed E-state index contributed by atoms with van der Waals surface area (Å²) in [6.45, 7) is -0.190. The Morgan fingerprint density at radius 2 is 2.00 bits per heavy atom. The van der Waals surface area contributed by atoms with Crippen molar-refractivity contribution in [3.63, 3.8) is 0 Å². The smallest absolute Gasteiger partial charge is 0.288 e. The van der Waals surface area contributed by atoms with Gasteiger partial charge in [0.25, 0.3) is 5.69 Å². The first kappa shape index (κ1) is 18.9. The van der Waals surface area contributed by atoms with E-state index in [0.717, 1.165) is 28.8 Å². The molecule has 1 unspecified atom stereocenters. The Morgan fingerprint density at radius 1 is 1.26 bits per heavy atom. The number of nitrogens with zero attached hydrogens (tertiary/aromatic N) is 1. The van der Waals surface area contributed by atoms with Gasteiger partial charge in [0, 0.05) is 35.1 Å².